The summed E-state index contributed by atoms with van der Waals surface area (Å²) in [6.07, 6.45) is 1.45. The van der Waals surface area contributed by atoms with Gasteiger partial charge >= 0.3 is 5.97 Å². The third-order valence-corrected chi connectivity index (χ3v) is 5.95. The normalized spacial score (nSPS) is 20.3. The Bertz CT molecular complexity index is 840. The van der Waals surface area contributed by atoms with E-state index in [2.05, 4.69) is 6.58 Å². The van der Waals surface area contributed by atoms with Gasteiger partial charge in [-0.2, -0.15) is 0 Å². The van der Waals surface area contributed by atoms with Crippen LogP contribution in [0.15, 0.2) is 72.1 Å². The van der Waals surface area contributed by atoms with Crippen molar-refractivity contribution in [2.45, 2.75) is 16.2 Å². The molecule has 2 aromatic carbocycles. The molecule has 0 saturated heterocycles. The van der Waals surface area contributed by atoms with Crippen molar-refractivity contribution in [2.75, 3.05) is 0 Å². The van der Waals surface area contributed by atoms with Crippen molar-refractivity contribution >= 4 is 15.8 Å². The topological polar surface area (TPSA) is 60.4 Å². The molecule has 0 aromatic heterocycles. The average Bonchev–Trinajstić information content (AvgIpc) is 2.83. The molecule has 22 heavy (non-hydrogen) atoms. The molecule has 112 valence electrons. The van der Waals surface area contributed by atoms with Crippen molar-refractivity contribution in [3.63, 3.8) is 0 Å². The Labute approximate surface area is 129 Å². The van der Waals surface area contributed by atoms with E-state index in [0.29, 0.717) is 5.56 Å². The molecule has 1 aliphatic heterocycles. The number of rotatable bonds is 4. The Kier molecular flexibility index (Phi) is 3.37. The molecule has 1 unspecified atom stereocenters. The average molecular weight is 314 g/mol. The zero-order chi connectivity index (χ0) is 15.8. The van der Waals surface area contributed by atoms with Gasteiger partial charge in [0.25, 0.3) is 0 Å². The summed E-state index contributed by atoms with van der Waals surface area (Å²) in [7, 11) is -3.92. The summed E-state index contributed by atoms with van der Waals surface area (Å²) in [5, 5.41) is 0. The van der Waals surface area contributed by atoms with Crippen LogP contribution in [0.5, 0.6) is 0 Å². The number of carbonyl (C=O) groups is 1. The van der Waals surface area contributed by atoms with Gasteiger partial charge in [0.2, 0.25) is 14.8 Å². The lowest BCUT2D eigenvalue weighted by molar-refractivity contribution is 0.0264. The van der Waals surface area contributed by atoms with Crippen LogP contribution in [0.2, 0.25) is 0 Å². The predicted molar refractivity (Wildman–Crippen MR) is 82.0 cm³/mol. The van der Waals surface area contributed by atoms with E-state index in [0.717, 1.165) is 0 Å². The fourth-order valence-electron chi connectivity index (χ4n) is 2.69. The quantitative estimate of drug-likeness (QED) is 0.643. The van der Waals surface area contributed by atoms with Crippen molar-refractivity contribution in [1.29, 1.82) is 0 Å². The summed E-state index contributed by atoms with van der Waals surface area (Å²) in [6.45, 7) is 3.62. The Morgan fingerprint density at radius 3 is 2.36 bits per heavy atom. The minimum atomic E-state index is -3.92. The maximum atomic E-state index is 13.1. The van der Waals surface area contributed by atoms with Crippen molar-refractivity contribution in [3.8, 4) is 0 Å². The third kappa shape index (κ3) is 1.89. The molecule has 2 aromatic rings. The van der Waals surface area contributed by atoms with Crippen LogP contribution < -0.4 is 0 Å². The van der Waals surface area contributed by atoms with E-state index in [1.165, 1.54) is 18.2 Å². The van der Waals surface area contributed by atoms with Crippen molar-refractivity contribution in [1.82, 2.24) is 0 Å². The van der Waals surface area contributed by atoms with Crippen LogP contribution in [0.4, 0.5) is 0 Å². The van der Waals surface area contributed by atoms with E-state index in [-0.39, 0.29) is 16.9 Å². The first-order chi connectivity index (χ1) is 10.5. The highest BCUT2D eigenvalue weighted by atomic mass is 32.2. The fraction of sp³-hybridized carbons (Fsp3) is 0.118. The smallest absolute Gasteiger partial charge is 0.340 e. The molecule has 0 spiro atoms. The first kappa shape index (κ1) is 14.5. The van der Waals surface area contributed by atoms with E-state index in [4.69, 9.17) is 4.74 Å². The number of benzene rings is 2. The maximum absolute atomic E-state index is 13.1. The molecule has 4 nitrogen and oxygen atoms in total. The minimum Gasteiger partial charge on any atom is -0.434 e. The first-order valence-electron chi connectivity index (χ1n) is 6.76. The summed E-state index contributed by atoms with van der Waals surface area (Å²) >= 11 is 0. The molecule has 3 rings (SSSR count). The van der Waals surface area contributed by atoms with E-state index in [1.54, 1.807) is 42.5 Å². The van der Waals surface area contributed by atoms with Crippen LogP contribution >= 0.6 is 0 Å². The second-order valence-corrected chi connectivity index (χ2v) is 7.14. The lowest BCUT2D eigenvalue weighted by Gasteiger charge is -2.27. The van der Waals surface area contributed by atoms with Crippen LogP contribution in [0, 0.1) is 0 Å². The maximum Gasteiger partial charge on any atom is 0.340 e. The van der Waals surface area contributed by atoms with Gasteiger partial charge in [-0.3, -0.25) is 0 Å². The molecular formula is C17H14O4S. The van der Waals surface area contributed by atoms with E-state index < -0.39 is 20.7 Å². The third-order valence-electron chi connectivity index (χ3n) is 3.72. The molecule has 0 N–H and O–H groups in total. The Morgan fingerprint density at radius 2 is 1.68 bits per heavy atom. The summed E-state index contributed by atoms with van der Waals surface area (Å²) in [5.41, 5.74) is 0.646. The number of carbonyl (C=O) groups excluding carboxylic acids is 1. The lowest BCUT2D eigenvalue weighted by Crippen LogP contribution is -2.35. The van der Waals surface area contributed by atoms with Gasteiger partial charge in [0.05, 0.1) is 10.5 Å². The molecule has 1 aliphatic rings. The standard InChI is InChI=1S/C17H14O4S/c1-2-12-17(22(19,20)13-8-4-3-5-9-13)15-11-7-6-10-14(15)16(18)21-17/h2-11H,1,12H2. The van der Waals surface area contributed by atoms with Gasteiger partial charge in [-0.05, 0) is 18.2 Å². The van der Waals surface area contributed by atoms with Crippen molar-refractivity contribution in [2.24, 2.45) is 0 Å². The van der Waals surface area contributed by atoms with Crippen LogP contribution in [-0.2, 0) is 19.5 Å². The van der Waals surface area contributed by atoms with Gasteiger partial charge in [0, 0.05) is 12.0 Å². The molecule has 0 aliphatic carbocycles. The first-order valence-corrected chi connectivity index (χ1v) is 8.25. The molecule has 0 saturated carbocycles. The van der Waals surface area contributed by atoms with Gasteiger partial charge in [-0.25, -0.2) is 13.2 Å². The van der Waals surface area contributed by atoms with Gasteiger partial charge in [-0.15, -0.1) is 6.58 Å². The van der Waals surface area contributed by atoms with Crippen LogP contribution in [0.1, 0.15) is 22.3 Å². The second kappa shape index (κ2) is 5.10. The van der Waals surface area contributed by atoms with Gasteiger partial charge in [-0.1, -0.05) is 42.5 Å². The lowest BCUT2D eigenvalue weighted by atomic mass is 10.0. The number of fused-ring (bicyclic) bond motifs is 1. The number of hydrogen-bond acceptors (Lipinski definition) is 4. The predicted octanol–water partition coefficient (Wildman–Crippen LogP) is 3.06. The SMILES string of the molecule is C=CCC1(S(=O)(=O)c2ccccc2)OC(=O)c2ccccc21. The van der Waals surface area contributed by atoms with Gasteiger partial charge in [0.15, 0.2) is 0 Å². The number of sulfone groups is 1. The summed E-state index contributed by atoms with van der Waals surface area (Å²) in [6, 6.07) is 14.6. The highest BCUT2D eigenvalue weighted by molar-refractivity contribution is 7.92. The molecule has 5 heteroatoms. The Morgan fingerprint density at radius 1 is 1.05 bits per heavy atom. The van der Waals surface area contributed by atoms with E-state index >= 15 is 0 Å². The molecule has 0 amide bonds. The zero-order valence-corrected chi connectivity index (χ0v) is 12.5. The van der Waals surface area contributed by atoms with E-state index in [9.17, 15) is 13.2 Å². The van der Waals surface area contributed by atoms with Crippen molar-refractivity contribution in [3.05, 3.63) is 78.4 Å². The van der Waals surface area contributed by atoms with Gasteiger partial charge < -0.3 is 4.74 Å². The number of cyclic esters (lactones) is 1. The molecule has 0 bridgehead atoms. The largest absolute Gasteiger partial charge is 0.434 e. The summed E-state index contributed by atoms with van der Waals surface area (Å²) in [4.78, 5) is 10.5. The molecule has 1 atom stereocenters. The van der Waals surface area contributed by atoms with Crippen LogP contribution in [0.3, 0.4) is 0 Å². The molecule has 0 fully saturated rings. The fourth-order valence-corrected chi connectivity index (χ4v) is 4.58. The van der Waals surface area contributed by atoms with Crippen LogP contribution in [-0.4, -0.2) is 14.4 Å². The summed E-state index contributed by atoms with van der Waals surface area (Å²) < 4.78 is 31.6. The van der Waals surface area contributed by atoms with E-state index in [1.807, 2.05) is 0 Å². The Balaban J connectivity index is 2.29. The highest BCUT2D eigenvalue weighted by Gasteiger charge is 2.55. The monoisotopic (exact) mass is 314 g/mol. The minimum absolute atomic E-state index is 0.00696. The molecular weight excluding hydrogens is 300 g/mol. The second-order valence-electron chi connectivity index (χ2n) is 5.00. The zero-order valence-electron chi connectivity index (χ0n) is 11.7. The highest BCUT2D eigenvalue weighted by Crippen LogP contribution is 2.46. The molecule has 1 heterocycles. The molecule has 0 radical (unpaired) electrons. The Hall–Kier alpha value is -2.40. The van der Waals surface area contributed by atoms with Crippen molar-refractivity contribution < 1.29 is 17.9 Å². The van der Waals surface area contributed by atoms with Gasteiger partial charge in [0.1, 0.15) is 0 Å². The summed E-state index contributed by atoms with van der Waals surface area (Å²) in [5.74, 6) is -0.628. The van der Waals surface area contributed by atoms with Crippen LogP contribution in [0.25, 0.3) is 0 Å². The number of esters is 1. The number of ether oxygens (including phenoxy) is 1. The number of hydrogen-bond donors (Lipinski definition) is 0.